The van der Waals surface area contributed by atoms with Gasteiger partial charge in [0, 0.05) is 5.69 Å². The van der Waals surface area contributed by atoms with Crippen molar-refractivity contribution in [1.29, 1.82) is 0 Å². The number of fused-ring (bicyclic) bond motifs is 1. The number of nitrogens with one attached hydrogen (secondary N) is 1. The first-order chi connectivity index (χ1) is 7.29. The summed E-state index contributed by atoms with van der Waals surface area (Å²) in [6.07, 6.45) is 4.23. The number of aryl methyl sites for hydroxylation is 2. The summed E-state index contributed by atoms with van der Waals surface area (Å²) >= 11 is 0. The average molecular weight is 204 g/mol. The minimum absolute atomic E-state index is 0.421. The lowest BCUT2D eigenvalue weighted by Crippen LogP contribution is -2.12. The average Bonchev–Trinajstić information content (AvgIpc) is 2.65. The normalized spacial score (nSPS) is 14.1. The van der Waals surface area contributed by atoms with Gasteiger partial charge in [-0.1, -0.05) is 11.2 Å². The zero-order valence-electron chi connectivity index (χ0n) is 8.23. The van der Waals surface area contributed by atoms with Crippen LogP contribution in [0.5, 0.6) is 0 Å². The van der Waals surface area contributed by atoms with Crippen molar-refractivity contribution in [2.24, 2.45) is 5.16 Å². The van der Waals surface area contributed by atoms with Gasteiger partial charge in [-0.15, -0.1) is 0 Å². The highest BCUT2D eigenvalue weighted by Crippen LogP contribution is 2.24. The Morgan fingerprint density at radius 2 is 2.20 bits per heavy atom. The molecule has 2 rings (SSSR count). The Morgan fingerprint density at radius 3 is 3.00 bits per heavy atom. The number of amides is 1. The van der Waals surface area contributed by atoms with Crippen molar-refractivity contribution in [3.8, 4) is 0 Å². The lowest BCUT2D eigenvalue weighted by Gasteiger charge is -2.04. The largest absolute Gasteiger partial charge is 0.411 e. The molecular weight excluding hydrogens is 192 g/mol. The molecule has 1 aromatic carbocycles. The number of anilines is 1. The van der Waals surface area contributed by atoms with Crippen molar-refractivity contribution in [2.75, 3.05) is 5.32 Å². The molecule has 0 saturated carbocycles. The molecule has 1 aromatic rings. The minimum Gasteiger partial charge on any atom is -0.411 e. The van der Waals surface area contributed by atoms with Crippen LogP contribution in [0.2, 0.25) is 0 Å². The topological polar surface area (TPSA) is 61.7 Å². The molecule has 0 unspecified atom stereocenters. The first-order valence-corrected chi connectivity index (χ1v) is 4.90. The quantitative estimate of drug-likeness (QED) is 0.436. The van der Waals surface area contributed by atoms with Crippen molar-refractivity contribution in [3.63, 3.8) is 0 Å². The van der Waals surface area contributed by atoms with Crippen LogP contribution in [0, 0.1) is 0 Å². The number of carbonyl (C=O) groups is 1. The molecule has 0 fully saturated rings. The van der Waals surface area contributed by atoms with Crippen LogP contribution >= 0.6 is 0 Å². The third kappa shape index (κ3) is 2.15. The second kappa shape index (κ2) is 4.13. The van der Waals surface area contributed by atoms with Gasteiger partial charge in [0.25, 0.3) is 5.91 Å². The molecule has 1 aliphatic carbocycles. The van der Waals surface area contributed by atoms with E-state index in [1.165, 1.54) is 17.5 Å². The maximum absolute atomic E-state index is 11.1. The standard InChI is InChI=1S/C11H12N2O2/c14-11(7-12-15)13-10-5-4-8-2-1-3-9(8)6-10/h4-7,15H,1-3H2,(H,13,14)/b12-7+. The van der Waals surface area contributed by atoms with Gasteiger partial charge >= 0.3 is 0 Å². The van der Waals surface area contributed by atoms with E-state index < -0.39 is 5.91 Å². The Balaban J connectivity index is 2.13. The van der Waals surface area contributed by atoms with Crippen molar-refractivity contribution in [2.45, 2.75) is 19.3 Å². The van der Waals surface area contributed by atoms with E-state index >= 15 is 0 Å². The molecule has 15 heavy (non-hydrogen) atoms. The van der Waals surface area contributed by atoms with E-state index in [4.69, 9.17) is 5.21 Å². The number of carbonyl (C=O) groups excluding carboxylic acids is 1. The van der Waals surface area contributed by atoms with Crippen LogP contribution < -0.4 is 5.32 Å². The van der Waals surface area contributed by atoms with Crippen LogP contribution in [0.25, 0.3) is 0 Å². The van der Waals surface area contributed by atoms with E-state index in [-0.39, 0.29) is 0 Å². The highest BCUT2D eigenvalue weighted by atomic mass is 16.4. The highest BCUT2D eigenvalue weighted by molar-refractivity contribution is 6.31. The van der Waals surface area contributed by atoms with E-state index in [0.717, 1.165) is 24.7 Å². The molecule has 0 bridgehead atoms. The van der Waals surface area contributed by atoms with E-state index in [2.05, 4.69) is 10.5 Å². The van der Waals surface area contributed by atoms with Gasteiger partial charge in [0.15, 0.2) is 0 Å². The van der Waals surface area contributed by atoms with Gasteiger partial charge in [0.05, 0.1) is 0 Å². The molecule has 1 aliphatic rings. The van der Waals surface area contributed by atoms with E-state index in [0.29, 0.717) is 0 Å². The molecule has 4 nitrogen and oxygen atoms in total. The predicted octanol–water partition coefficient (Wildman–Crippen LogP) is 1.57. The maximum atomic E-state index is 11.1. The molecule has 0 aliphatic heterocycles. The van der Waals surface area contributed by atoms with Gasteiger partial charge in [0.2, 0.25) is 0 Å². The van der Waals surface area contributed by atoms with Crippen LogP contribution in [0.1, 0.15) is 17.5 Å². The van der Waals surface area contributed by atoms with E-state index in [1.54, 1.807) is 0 Å². The Bertz CT molecular complexity index is 413. The van der Waals surface area contributed by atoms with Gasteiger partial charge in [0.1, 0.15) is 6.21 Å². The predicted molar refractivity (Wildman–Crippen MR) is 57.4 cm³/mol. The van der Waals surface area contributed by atoms with Crippen molar-refractivity contribution in [3.05, 3.63) is 29.3 Å². The SMILES string of the molecule is O=C(/C=N/O)Nc1ccc2c(c1)CCC2. The summed E-state index contributed by atoms with van der Waals surface area (Å²) in [6, 6.07) is 5.88. The lowest BCUT2D eigenvalue weighted by atomic mass is 10.1. The number of hydrogen-bond acceptors (Lipinski definition) is 3. The van der Waals surface area contributed by atoms with Gasteiger partial charge < -0.3 is 10.5 Å². The minimum atomic E-state index is -0.421. The Labute approximate surface area is 87.6 Å². The monoisotopic (exact) mass is 204 g/mol. The second-order valence-electron chi connectivity index (χ2n) is 3.57. The maximum Gasteiger partial charge on any atom is 0.270 e. The summed E-state index contributed by atoms with van der Waals surface area (Å²) in [6.45, 7) is 0. The van der Waals surface area contributed by atoms with Crippen molar-refractivity contribution >= 4 is 17.8 Å². The van der Waals surface area contributed by atoms with Crippen LogP contribution in [-0.4, -0.2) is 17.3 Å². The zero-order chi connectivity index (χ0) is 10.7. The number of hydrogen-bond donors (Lipinski definition) is 2. The zero-order valence-corrected chi connectivity index (χ0v) is 8.23. The molecule has 0 radical (unpaired) electrons. The molecule has 1 amide bonds. The highest BCUT2D eigenvalue weighted by Gasteiger charge is 2.11. The molecule has 0 aromatic heterocycles. The molecule has 4 heteroatoms. The number of rotatable bonds is 2. The van der Waals surface area contributed by atoms with Gasteiger partial charge in [-0.2, -0.15) is 0 Å². The van der Waals surface area contributed by atoms with Crippen molar-refractivity contribution in [1.82, 2.24) is 0 Å². The third-order valence-corrected chi connectivity index (χ3v) is 2.54. The molecule has 0 spiro atoms. The van der Waals surface area contributed by atoms with Crippen molar-refractivity contribution < 1.29 is 10.0 Å². The summed E-state index contributed by atoms with van der Waals surface area (Å²) in [7, 11) is 0. The molecule has 0 atom stereocenters. The first kappa shape index (κ1) is 9.71. The first-order valence-electron chi connectivity index (χ1n) is 4.90. The molecular formula is C11H12N2O2. The molecule has 78 valence electrons. The Hall–Kier alpha value is -1.84. The van der Waals surface area contributed by atoms with Gasteiger partial charge in [-0.3, -0.25) is 4.79 Å². The summed E-state index contributed by atoms with van der Waals surface area (Å²) in [5.74, 6) is -0.421. The van der Waals surface area contributed by atoms with Gasteiger partial charge in [-0.05, 0) is 42.5 Å². The number of benzene rings is 1. The number of oxime groups is 1. The van der Waals surface area contributed by atoms with Gasteiger partial charge in [-0.25, -0.2) is 0 Å². The second-order valence-corrected chi connectivity index (χ2v) is 3.57. The summed E-state index contributed by atoms with van der Waals surface area (Å²) in [5.41, 5.74) is 3.41. The lowest BCUT2D eigenvalue weighted by molar-refractivity contribution is -0.110. The van der Waals surface area contributed by atoms with Crippen LogP contribution in [0.15, 0.2) is 23.4 Å². The van der Waals surface area contributed by atoms with Crippen LogP contribution in [0.4, 0.5) is 5.69 Å². The molecule has 2 N–H and O–H groups in total. The molecule has 0 heterocycles. The van der Waals surface area contributed by atoms with E-state index in [9.17, 15) is 4.79 Å². The summed E-state index contributed by atoms with van der Waals surface area (Å²) in [4.78, 5) is 11.1. The molecule has 0 saturated heterocycles. The fraction of sp³-hybridized carbons (Fsp3) is 0.273. The number of nitrogens with zero attached hydrogens (tertiary/aromatic N) is 1. The third-order valence-electron chi connectivity index (χ3n) is 2.54. The van der Waals surface area contributed by atoms with E-state index in [1.807, 2.05) is 18.2 Å². The summed E-state index contributed by atoms with van der Waals surface area (Å²) in [5, 5.41) is 13.5. The Kier molecular flexibility index (Phi) is 2.67. The fourth-order valence-electron chi connectivity index (χ4n) is 1.88. The smallest absolute Gasteiger partial charge is 0.270 e. The van der Waals surface area contributed by atoms with Crippen LogP contribution in [-0.2, 0) is 17.6 Å². The summed E-state index contributed by atoms with van der Waals surface area (Å²) < 4.78 is 0. The van der Waals surface area contributed by atoms with Crippen LogP contribution in [0.3, 0.4) is 0 Å². The Morgan fingerprint density at radius 1 is 1.40 bits per heavy atom. The fourth-order valence-corrected chi connectivity index (χ4v) is 1.88.